The Morgan fingerprint density at radius 1 is 1.41 bits per heavy atom. The van der Waals surface area contributed by atoms with Gasteiger partial charge in [0, 0.05) is 19.4 Å². The van der Waals surface area contributed by atoms with E-state index in [0.717, 1.165) is 43.3 Å². The number of fused-ring (bicyclic) bond motifs is 1. The number of aromatic nitrogens is 6. The van der Waals surface area contributed by atoms with E-state index >= 15 is 0 Å². The summed E-state index contributed by atoms with van der Waals surface area (Å²) in [6.07, 6.45) is 2.83. The first-order valence-corrected chi connectivity index (χ1v) is 7.49. The number of nitrogens with one attached hydrogen (secondary N) is 3. The molecule has 3 heterocycles. The van der Waals surface area contributed by atoms with Crippen LogP contribution in [0.5, 0.6) is 0 Å². The molecule has 0 aliphatic carbocycles. The van der Waals surface area contributed by atoms with E-state index in [1.807, 2.05) is 4.57 Å². The summed E-state index contributed by atoms with van der Waals surface area (Å²) < 4.78 is 2.05. The first-order chi connectivity index (χ1) is 10.6. The maximum atomic E-state index is 11.9. The third-order valence-corrected chi connectivity index (χ3v) is 3.45. The van der Waals surface area contributed by atoms with Gasteiger partial charge in [-0.25, -0.2) is 4.79 Å². The molecule has 0 aromatic carbocycles. The molecule has 3 N–H and O–H groups in total. The number of anilines is 1. The minimum absolute atomic E-state index is 0.277. The zero-order valence-corrected chi connectivity index (χ0v) is 12.8. The molecule has 1 aliphatic heterocycles. The van der Waals surface area contributed by atoms with E-state index in [4.69, 9.17) is 0 Å². The predicted molar refractivity (Wildman–Crippen MR) is 79.1 cm³/mol. The van der Waals surface area contributed by atoms with Crippen LogP contribution in [0.15, 0.2) is 0 Å². The van der Waals surface area contributed by atoms with Gasteiger partial charge in [-0.2, -0.15) is 4.98 Å². The van der Waals surface area contributed by atoms with Gasteiger partial charge in [0.15, 0.2) is 5.82 Å². The molecular formula is C13H20N8O. The maximum Gasteiger partial charge on any atom is 0.322 e. The molecule has 0 radical (unpaired) electrons. The fourth-order valence-electron chi connectivity index (χ4n) is 2.48. The number of aryl methyl sites for hydroxylation is 1. The van der Waals surface area contributed by atoms with Crippen molar-refractivity contribution >= 4 is 12.0 Å². The summed E-state index contributed by atoms with van der Waals surface area (Å²) in [5.74, 6) is 3.28. The van der Waals surface area contributed by atoms with Gasteiger partial charge in [-0.3, -0.25) is 10.4 Å². The van der Waals surface area contributed by atoms with Crippen molar-refractivity contribution in [3.05, 3.63) is 17.5 Å². The minimum Gasteiger partial charge on any atom is -0.330 e. The normalized spacial score (nSPS) is 13.4. The second-order valence-electron chi connectivity index (χ2n) is 5.80. The predicted octanol–water partition coefficient (Wildman–Crippen LogP) is 0.863. The van der Waals surface area contributed by atoms with E-state index in [9.17, 15) is 4.79 Å². The molecule has 2 aromatic heterocycles. The van der Waals surface area contributed by atoms with Crippen molar-refractivity contribution < 1.29 is 4.79 Å². The monoisotopic (exact) mass is 304 g/mol. The number of hydrogen-bond acceptors (Lipinski definition) is 5. The summed E-state index contributed by atoms with van der Waals surface area (Å²) >= 11 is 0. The first-order valence-electron chi connectivity index (χ1n) is 7.49. The van der Waals surface area contributed by atoms with Crippen molar-refractivity contribution in [1.82, 2.24) is 35.3 Å². The second kappa shape index (κ2) is 6.12. The van der Waals surface area contributed by atoms with E-state index in [-0.39, 0.29) is 12.0 Å². The van der Waals surface area contributed by atoms with E-state index in [1.165, 1.54) is 0 Å². The second-order valence-corrected chi connectivity index (χ2v) is 5.80. The maximum absolute atomic E-state index is 11.9. The number of H-pyrrole nitrogens is 1. The molecule has 2 aromatic rings. The molecule has 0 spiro atoms. The zero-order chi connectivity index (χ0) is 15.5. The van der Waals surface area contributed by atoms with Gasteiger partial charge in [0.1, 0.15) is 11.6 Å². The van der Waals surface area contributed by atoms with Crippen LogP contribution in [0.1, 0.15) is 37.7 Å². The van der Waals surface area contributed by atoms with E-state index in [0.29, 0.717) is 12.5 Å². The molecule has 0 atom stereocenters. The van der Waals surface area contributed by atoms with Crippen molar-refractivity contribution in [3.8, 4) is 0 Å². The number of amides is 2. The van der Waals surface area contributed by atoms with Crippen LogP contribution in [0.2, 0.25) is 0 Å². The largest absolute Gasteiger partial charge is 0.330 e. The standard InChI is InChI=1S/C13H20N8O/c1-8(2)6-9-15-12(20-17-9)16-13(22)14-7-11-19-18-10-4-3-5-21(10)11/h8H,3-7H2,1-2H3,(H3,14,15,16,17,20,22). The summed E-state index contributed by atoms with van der Waals surface area (Å²) in [6, 6.07) is -0.356. The van der Waals surface area contributed by atoms with Gasteiger partial charge < -0.3 is 9.88 Å². The van der Waals surface area contributed by atoms with Crippen LogP contribution in [-0.2, 0) is 25.9 Å². The highest BCUT2D eigenvalue weighted by atomic mass is 16.2. The smallest absolute Gasteiger partial charge is 0.322 e. The zero-order valence-electron chi connectivity index (χ0n) is 12.8. The van der Waals surface area contributed by atoms with Crippen LogP contribution in [0.4, 0.5) is 10.7 Å². The van der Waals surface area contributed by atoms with Crippen molar-refractivity contribution in [2.75, 3.05) is 5.32 Å². The minimum atomic E-state index is -0.356. The SMILES string of the molecule is CC(C)Cc1nc(NC(=O)NCc2nnc3n2CCC3)n[nH]1. The quantitative estimate of drug-likeness (QED) is 0.758. The molecule has 22 heavy (non-hydrogen) atoms. The van der Waals surface area contributed by atoms with Gasteiger partial charge in [-0.15, -0.1) is 15.3 Å². The average molecular weight is 304 g/mol. The third-order valence-electron chi connectivity index (χ3n) is 3.45. The molecule has 3 rings (SSSR count). The van der Waals surface area contributed by atoms with Crippen molar-refractivity contribution in [3.63, 3.8) is 0 Å². The Balaban J connectivity index is 1.51. The van der Waals surface area contributed by atoms with E-state index in [1.54, 1.807) is 0 Å². The lowest BCUT2D eigenvalue weighted by Gasteiger charge is -2.05. The lowest BCUT2D eigenvalue weighted by Crippen LogP contribution is -2.29. The Hall–Kier alpha value is -2.45. The first kappa shape index (κ1) is 14.5. The number of nitrogens with zero attached hydrogens (tertiary/aromatic N) is 5. The fourth-order valence-corrected chi connectivity index (χ4v) is 2.48. The molecule has 0 bridgehead atoms. The number of carbonyl (C=O) groups excluding carboxylic acids is 1. The summed E-state index contributed by atoms with van der Waals surface area (Å²) in [7, 11) is 0. The number of aromatic amines is 1. The number of urea groups is 1. The van der Waals surface area contributed by atoms with Crippen molar-refractivity contribution in [1.29, 1.82) is 0 Å². The third kappa shape index (κ3) is 3.23. The number of rotatable bonds is 5. The van der Waals surface area contributed by atoms with Crippen LogP contribution >= 0.6 is 0 Å². The Kier molecular flexibility index (Phi) is 4.03. The van der Waals surface area contributed by atoms with Crippen LogP contribution in [0.25, 0.3) is 0 Å². The van der Waals surface area contributed by atoms with Gasteiger partial charge in [-0.05, 0) is 12.3 Å². The highest BCUT2D eigenvalue weighted by molar-refractivity contribution is 5.87. The fraction of sp³-hybridized carbons (Fsp3) is 0.615. The number of carbonyl (C=O) groups is 1. The Morgan fingerprint density at radius 2 is 2.27 bits per heavy atom. The average Bonchev–Trinajstić information content (AvgIpc) is 3.13. The molecule has 2 amide bonds. The molecular weight excluding hydrogens is 284 g/mol. The van der Waals surface area contributed by atoms with Gasteiger partial charge >= 0.3 is 6.03 Å². The summed E-state index contributed by atoms with van der Waals surface area (Å²) in [5.41, 5.74) is 0. The highest BCUT2D eigenvalue weighted by Gasteiger charge is 2.17. The Bertz CT molecular complexity index is 659. The topological polar surface area (TPSA) is 113 Å². The highest BCUT2D eigenvalue weighted by Crippen LogP contribution is 2.13. The Morgan fingerprint density at radius 3 is 3.09 bits per heavy atom. The Labute approximate surface area is 127 Å². The molecule has 0 saturated heterocycles. The molecule has 1 aliphatic rings. The van der Waals surface area contributed by atoms with Gasteiger partial charge in [0.25, 0.3) is 0 Å². The summed E-state index contributed by atoms with van der Waals surface area (Å²) in [6.45, 7) is 5.45. The van der Waals surface area contributed by atoms with Crippen molar-refractivity contribution in [2.24, 2.45) is 5.92 Å². The lowest BCUT2D eigenvalue weighted by atomic mass is 10.1. The molecule has 9 nitrogen and oxygen atoms in total. The van der Waals surface area contributed by atoms with E-state index < -0.39 is 0 Å². The van der Waals surface area contributed by atoms with Gasteiger partial charge in [0.2, 0.25) is 5.95 Å². The number of hydrogen-bond donors (Lipinski definition) is 3. The molecule has 9 heteroatoms. The van der Waals surface area contributed by atoms with Gasteiger partial charge in [-0.1, -0.05) is 13.8 Å². The van der Waals surface area contributed by atoms with Crippen LogP contribution in [0.3, 0.4) is 0 Å². The summed E-state index contributed by atoms with van der Waals surface area (Å²) in [4.78, 5) is 16.1. The van der Waals surface area contributed by atoms with Gasteiger partial charge in [0.05, 0.1) is 6.54 Å². The molecule has 118 valence electrons. The van der Waals surface area contributed by atoms with Crippen LogP contribution < -0.4 is 10.6 Å². The lowest BCUT2D eigenvalue weighted by molar-refractivity contribution is 0.251. The van der Waals surface area contributed by atoms with E-state index in [2.05, 4.69) is 49.9 Å². The molecule has 0 saturated carbocycles. The summed E-state index contributed by atoms with van der Waals surface area (Å²) in [5, 5.41) is 20.3. The molecule has 0 fully saturated rings. The van der Waals surface area contributed by atoms with Crippen LogP contribution in [-0.4, -0.2) is 36.0 Å². The van der Waals surface area contributed by atoms with Crippen molar-refractivity contribution in [2.45, 2.75) is 46.2 Å². The molecule has 0 unspecified atom stereocenters. The van der Waals surface area contributed by atoms with Crippen LogP contribution in [0, 0.1) is 5.92 Å².